The molecule has 0 aliphatic rings. The van der Waals surface area contributed by atoms with E-state index in [9.17, 15) is 4.39 Å². The van der Waals surface area contributed by atoms with Gasteiger partial charge in [-0.1, -0.05) is 29.8 Å². The molecular formula is C21H18FN3S. The van der Waals surface area contributed by atoms with Gasteiger partial charge in [0.2, 0.25) is 0 Å². The summed E-state index contributed by atoms with van der Waals surface area (Å²) in [6.45, 7) is 6.02. The molecule has 0 saturated carbocycles. The van der Waals surface area contributed by atoms with Crippen LogP contribution in [-0.2, 0) is 0 Å². The third-order valence-electron chi connectivity index (χ3n) is 4.29. The highest BCUT2D eigenvalue weighted by molar-refractivity contribution is 7.19. The molecule has 2 aromatic carbocycles. The Kier molecular flexibility index (Phi) is 4.17. The minimum Gasteiger partial charge on any atom is -0.340 e. The average Bonchev–Trinajstić information content (AvgIpc) is 2.93. The number of anilines is 2. The van der Waals surface area contributed by atoms with Crippen molar-refractivity contribution in [1.29, 1.82) is 0 Å². The van der Waals surface area contributed by atoms with Crippen molar-refractivity contribution >= 4 is 33.1 Å². The summed E-state index contributed by atoms with van der Waals surface area (Å²) in [6, 6.07) is 14.8. The van der Waals surface area contributed by atoms with Crippen LogP contribution in [-0.4, -0.2) is 9.97 Å². The summed E-state index contributed by atoms with van der Waals surface area (Å²) in [5.41, 5.74) is 4.20. The van der Waals surface area contributed by atoms with Crippen LogP contribution in [0, 0.1) is 26.6 Å². The van der Waals surface area contributed by atoms with Gasteiger partial charge in [0.05, 0.1) is 5.39 Å². The van der Waals surface area contributed by atoms with Gasteiger partial charge in [0, 0.05) is 16.1 Å². The van der Waals surface area contributed by atoms with E-state index < -0.39 is 0 Å². The van der Waals surface area contributed by atoms with Crippen LogP contribution in [0.1, 0.15) is 16.3 Å². The maximum absolute atomic E-state index is 13.4. The van der Waals surface area contributed by atoms with Gasteiger partial charge >= 0.3 is 0 Å². The van der Waals surface area contributed by atoms with E-state index in [1.54, 1.807) is 23.5 Å². The molecular weight excluding hydrogens is 345 g/mol. The summed E-state index contributed by atoms with van der Waals surface area (Å²) in [5, 5.41) is 4.41. The lowest BCUT2D eigenvalue weighted by Crippen LogP contribution is -1.98. The van der Waals surface area contributed by atoms with Crippen LogP contribution in [0.5, 0.6) is 0 Å². The SMILES string of the molecule is Cc1ccc(Nc2nc(C)nc3sc(C)c(-c4ccc(F)cc4)c23)cc1. The molecule has 0 atom stereocenters. The molecule has 0 spiro atoms. The largest absolute Gasteiger partial charge is 0.340 e. The zero-order valence-corrected chi connectivity index (χ0v) is 15.6. The van der Waals surface area contributed by atoms with E-state index in [0.717, 1.165) is 43.6 Å². The van der Waals surface area contributed by atoms with E-state index in [1.807, 2.05) is 19.1 Å². The number of nitrogens with one attached hydrogen (secondary N) is 1. The van der Waals surface area contributed by atoms with Crippen molar-refractivity contribution in [2.45, 2.75) is 20.8 Å². The van der Waals surface area contributed by atoms with Gasteiger partial charge in [0.25, 0.3) is 0 Å². The zero-order chi connectivity index (χ0) is 18.3. The van der Waals surface area contributed by atoms with Gasteiger partial charge in [0.1, 0.15) is 22.3 Å². The monoisotopic (exact) mass is 363 g/mol. The van der Waals surface area contributed by atoms with Crippen LogP contribution in [0.4, 0.5) is 15.9 Å². The number of fused-ring (bicyclic) bond motifs is 1. The van der Waals surface area contributed by atoms with Gasteiger partial charge in [-0.2, -0.15) is 0 Å². The molecule has 4 rings (SSSR count). The Morgan fingerprint density at radius 1 is 0.885 bits per heavy atom. The van der Waals surface area contributed by atoms with E-state index >= 15 is 0 Å². The van der Waals surface area contributed by atoms with E-state index in [4.69, 9.17) is 0 Å². The average molecular weight is 363 g/mol. The quantitative estimate of drug-likeness (QED) is 0.473. The lowest BCUT2D eigenvalue weighted by molar-refractivity contribution is 0.628. The molecule has 3 nitrogen and oxygen atoms in total. The summed E-state index contributed by atoms with van der Waals surface area (Å²) in [6.07, 6.45) is 0. The molecule has 0 radical (unpaired) electrons. The topological polar surface area (TPSA) is 37.8 Å². The predicted molar refractivity (Wildman–Crippen MR) is 107 cm³/mol. The molecule has 0 fully saturated rings. The molecule has 0 aliphatic carbocycles. The van der Waals surface area contributed by atoms with E-state index in [1.165, 1.54) is 17.7 Å². The van der Waals surface area contributed by atoms with Crippen molar-refractivity contribution < 1.29 is 4.39 Å². The highest BCUT2D eigenvalue weighted by atomic mass is 32.1. The van der Waals surface area contributed by atoms with Crippen LogP contribution in [0.3, 0.4) is 0 Å². The van der Waals surface area contributed by atoms with Gasteiger partial charge in [-0.3, -0.25) is 0 Å². The number of rotatable bonds is 3. The standard InChI is InChI=1S/C21H18FN3S/c1-12-4-10-17(11-5-12)25-20-19-18(15-6-8-16(22)9-7-15)13(2)26-21(19)24-14(3)23-20/h4-11H,1-3H3,(H,23,24,25). The number of thiophene rings is 1. The summed E-state index contributed by atoms with van der Waals surface area (Å²) in [5.74, 6) is 1.26. The molecule has 0 aliphatic heterocycles. The van der Waals surface area contributed by atoms with Crippen molar-refractivity contribution in [3.05, 3.63) is 70.6 Å². The Hall–Kier alpha value is -2.79. The van der Waals surface area contributed by atoms with E-state index in [-0.39, 0.29) is 5.82 Å². The molecule has 26 heavy (non-hydrogen) atoms. The highest BCUT2D eigenvalue weighted by Gasteiger charge is 2.18. The molecule has 2 heterocycles. The van der Waals surface area contributed by atoms with E-state index in [2.05, 4.69) is 41.3 Å². The molecule has 0 saturated heterocycles. The van der Waals surface area contributed by atoms with Crippen molar-refractivity contribution in [2.75, 3.05) is 5.32 Å². The molecule has 0 unspecified atom stereocenters. The van der Waals surface area contributed by atoms with Crippen LogP contribution < -0.4 is 5.32 Å². The number of halogens is 1. The Balaban J connectivity index is 1.91. The summed E-state index contributed by atoms with van der Waals surface area (Å²) in [7, 11) is 0. The van der Waals surface area contributed by atoms with Crippen LogP contribution in [0.25, 0.3) is 21.3 Å². The second kappa shape index (κ2) is 6.50. The number of aromatic nitrogens is 2. The third-order valence-corrected chi connectivity index (χ3v) is 5.29. The summed E-state index contributed by atoms with van der Waals surface area (Å²) in [4.78, 5) is 11.3. The lowest BCUT2D eigenvalue weighted by Gasteiger charge is -2.10. The maximum atomic E-state index is 13.4. The smallest absolute Gasteiger partial charge is 0.143 e. The predicted octanol–water partition coefficient (Wildman–Crippen LogP) is 6.17. The summed E-state index contributed by atoms with van der Waals surface area (Å²) >= 11 is 1.63. The lowest BCUT2D eigenvalue weighted by atomic mass is 10.0. The number of hydrogen-bond donors (Lipinski definition) is 1. The molecule has 5 heteroatoms. The Morgan fingerprint density at radius 3 is 2.27 bits per heavy atom. The Bertz CT molecular complexity index is 1080. The van der Waals surface area contributed by atoms with Crippen LogP contribution in [0.15, 0.2) is 48.5 Å². The van der Waals surface area contributed by atoms with E-state index in [0.29, 0.717) is 0 Å². The molecule has 0 bridgehead atoms. The van der Waals surface area contributed by atoms with Crippen molar-refractivity contribution in [3.8, 4) is 11.1 Å². The fourth-order valence-corrected chi connectivity index (χ4v) is 4.14. The first-order valence-electron chi connectivity index (χ1n) is 8.38. The van der Waals surface area contributed by atoms with Gasteiger partial charge in [-0.25, -0.2) is 14.4 Å². The minimum atomic E-state index is -0.240. The second-order valence-electron chi connectivity index (χ2n) is 6.33. The third kappa shape index (κ3) is 3.06. The minimum absolute atomic E-state index is 0.240. The van der Waals surface area contributed by atoms with Crippen molar-refractivity contribution in [2.24, 2.45) is 0 Å². The number of aryl methyl sites for hydroxylation is 3. The fraction of sp³-hybridized carbons (Fsp3) is 0.143. The van der Waals surface area contributed by atoms with Crippen LogP contribution in [0.2, 0.25) is 0 Å². The molecule has 0 amide bonds. The van der Waals surface area contributed by atoms with Gasteiger partial charge in [-0.05, 0) is 50.6 Å². The number of benzene rings is 2. The summed E-state index contributed by atoms with van der Waals surface area (Å²) < 4.78 is 13.4. The number of hydrogen-bond acceptors (Lipinski definition) is 4. The zero-order valence-electron chi connectivity index (χ0n) is 14.8. The molecule has 1 N–H and O–H groups in total. The van der Waals surface area contributed by atoms with Crippen molar-refractivity contribution in [3.63, 3.8) is 0 Å². The molecule has 4 aromatic rings. The first-order chi connectivity index (χ1) is 12.5. The fourth-order valence-electron chi connectivity index (χ4n) is 3.05. The molecule has 130 valence electrons. The molecule has 2 aromatic heterocycles. The Morgan fingerprint density at radius 2 is 1.58 bits per heavy atom. The first-order valence-corrected chi connectivity index (χ1v) is 9.20. The van der Waals surface area contributed by atoms with Crippen molar-refractivity contribution in [1.82, 2.24) is 9.97 Å². The van der Waals surface area contributed by atoms with Gasteiger partial charge in [-0.15, -0.1) is 11.3 Å². The Labute approximate surface area is 155 Å². The van der Waals surface area contributed by atoms with Crippen LogP contribution >= 0.6 is 11.3 Å². The number of nitrogens with zero attached hydrogens (tertiary/aromatic N) is 2. The second-order valence-corrected chi connectivity index (χ2v) is 7.53. The van der Waals surface area contributed by atoms with Gasteiger partial charge in [0.15, 0.2) is 0 Å². The highest BCUT2D eigenvalue weighted by Crippen LogP contribution is 2.41. The first kappa shape index (κ1) is 16.7. The van der Waals surface area contributed by atoms with Gasteiger partial charge < -0.3 is 5.32 Å². The normalized spacial score (nSPS) is 11.1. The maximum Gasteiger partial charge on any atom is 0.143 e.